The van der Waals surface area contributed by atoms with Gasteiger partial charge < -0.3 is 4.90 Å². The molecule has 2 aromatic rings. The van der Waals surface area contributed by atoms with Crippen LogP contribution in [0, 0.1) is 6.92 Å². The maximum Gasteiger partial charge on any atom is 0.265 e. The molecule has 20 heavy (non-hydrogen) atoms. The van der Waals surface area contributed by atoms with E-state index in [9.17, 15) is 4.79 Å². The minimum absolute atomic E-state index is 0.124. The van der Waals surface area contributed by atoms with E-state index in [1.807, 2.05) is 36.3 Å². The predicted molar refractivity (Wildman–Crippen MR) is 86.6 cm³/mol. The van der Waals surface area contributed by atoms with Crippen LogP contribution < -0.4 is 0 Å². The summed E-state index contributed by atoms with van der Waals surface area (Å²) in [5.74, 6) is 0.124. The first kappa shape index (κ1) is 15.2. The molecule has 0 radical (unpaired) electrons. The van der Waals surface area contributed by atoms with Crippen LogP contribution >= 0.6 is 22.7 Å². The molecule has 0 bridgehead atoms. The number of carbonyl (C=O) groups is 1. The first-order chi connectivity index (χ1) is 9.67. The lowest BCUT2D eigenvalue weighted by atomic mass is 10.3. The van der Waals surface area contributed by atoms with Gasteiger partial charge in [0.2, 0.25) is 0 Å². The van der Waals surface area contributed by atoms with Crippen LogP contribution in [0.3, 0.4) is 0 Å². The first-order valence-electron chi connectivity index (χ1n) is 6.98. The summed E-state index contributed by atoms with van der Waals surface area (Å²) in [6.07, 6.45) is 2.15. The zero-order valence-electron chi connectivity index (χ0n) is 12.2. The third-order valence-corrected chi connectivity index (χ3v) is 5.36. The highest BCUT2D eigenvalue weighted by atomic mass is 32.1. The molecule has 0 fully saturated rings. The molecule has 2 rings (SSSR count). The number of aryl methyl sites for hydroxylation is 1. The van der Waals surface area contributed by atoms with Crippen molar-refractivity contribution >= 4 is 28.6 Å². The summed E-state index contributed by atoms with van der Waals surface area (Å²) in [7, 11) is 0. The van der Waals surface area contributed by atoms with E-state index in [4.69, 9.17) is 0 Å². The van der Waals surface area contributed by atoms with Gasteiger partial charge in [0.25, 0.3) is 5.91 Å². The first-order valence-corrected chi connectivity index (χ1v) is 8.67. The van der Waals surface area contributed by atoms with Gasteiger partial charge in [0, 0.05) is 13.1 Å². The number of nitrogens with zero attached hydrogens (tertiary/aromatic N) is 2. The molecule has 0 atom stereocenters. The van der Waals surface area contributed by atoms with Gasteiger partial charge in [-0.25, -0.2) is 4.98 Å². The highest BCUT2D eigenvalue weighted by Crippen LogP contribution is 2.31. The van der Waals surface area contributed by atoms with Crippen molar-refractivity contribution in [1.29, 1.82) is 0 Å². The highest BCUT2D eigenvalue weighted by molar-refractivity contribution is 7.22. The van der Waals surface area contributed by atoms with Crippen LogP contribution in [0.1, 0.15) is 42.1 Å². The number of thiazole rings is 1. The molecule has 2 heterocycles. The summed E-state index contributed by atoms with van der Waals surface area (Å²) < 4.78 is 0. The van der Waals surface area contributed by atoms with Crippen LogP contribution in [0.5, 0.6) is 0 Å². The zero-order chi connectivity index (χ0) is 14.5. The van der Waals surface area contributed by atoms with Gasteiger partial charge in [-0.15, -0.1) is 22.7 Å². The molecule has 0 saturated carbocycles. The van der Waals surface area contributed by atoms with E-state index in [1.165, 1.54) is 11.3 Å². The second kappa shape index (κ2) is 6.99. The number of hydrogen-bond acceptors (Lipinski definition) is 4. The Balaban J connectivity index is 2.21. The van der Waals surface area contributed by atoms with Gasteiger partial charge in [-0.3, -0.25) is 4.79 Å². The summed E-state index contributed by atoms with van der Waals surface area (Å²) in [5, 5.41) is 2.99. The van der Waals surface area contributed by atoms with Crippen LogP contribution in [-0.4, -0.2) is 28.9 Å². The molecule has 0 unspecified atom stereocenters. The third kappa shape index (κ3) is 3.27. The molecule has 0 N–H and O–H groups in total. The number of aromatic nitrogens is 1. The number of amides is 1. The van der Waals surface area contributed by atoms with Crippen LogP contribution in [0.4, 0.5) is 0 Å². The molecule has 0 aromatic carbocycles. The summed E-state index contributed by atoms with van der Waals surface area (Å²) in [6, 6.07) is 4.06. The van der Waals surface area contributed by atoms with Crippen molar-refractivity contribution in [2.45, 2.75) is 33.6 Å². The second-order valence-corrected chi connectivity index (χ2v) is 6.60. The van der Waals surface area contributed by atoms with E-state index in [0.717, 1.165) is 46.4 Å². The van der Waals surface area contributed by atoms with Crippen molar-refractivity contribution in [3.63, 3.8) is 0 Å². The molecular weight excluding hydrogens is 288 g/mol. The normalized spacial score (nSPS) is 10.8. The Bertz CT molecular complexity index is 560. The average molecular weight is 308 g/mol. The summed E-state index contributed by atoms with van der Waals surface area (Å²) >= 11 is 3.17. The maximum atomic E-state index is 12.6. The van der Waals surface area contributed by atoms with Gasteiger partial charge in [0.1, 0.15) is 9.88 Å². The Hall–Kier alpha value is -1.20. The molecular formula is C15H20N2OS2. The monoisotopic (exact) mass is 308 g/mol. The van der Waals surface area contributed by atoms with E-state index in [-0.39, 0.29) is 5.91 Å². The van der Waals surface area contributed by atoms with Gasteiger partial charge in [-0.2, -0.15) is 0 Å². The Morgan fingerprint density at radius 3 is 2.80 bits per heavy atom. The number of hydrogen-bond donors (Lipinski definition) is 0. The molecule has 0 aliphatic rings. The summed E-state index contributed by atoms with van der Waals surface area (Å²) in [5.41, 5.74) is 0.846. The Labute approximate surface area is 128 Å². The van der Waals surface area contributed by atoms with E-state index < -0.39 is 0 Å². The Kier molecular flexibility index (Phi) is 5.31. The zero-order valence-corrected chi connectivity index (χ0v) is 13.8. The van der Waals surface area contributed by atoms with Gasteiger partial charge in [-0.05, 0) is 31.7 Å². The standard InChI is InChI=1S/C15H20N2OS2/c1-4-6-9-17(5-2)15(18)13-11(3)16-14(20-13)12-8-7-10-19-12/h7-8,10H,4-6,9H2,1-3H3. The third-order valence-electron chi connectivity index (χ3n) is 3.17. The molecule has 0 saturated heterocycles. The van der Waals surface area contributed by atoms with E-state index in [0.29, 0.717) is 0 Å². The van der Waals surface area contributed by atoms with Crippen LogP contribution in [0.15, 0.2) is 17.5 Å². The lowest BCUT2D eigenvalue weighted by Gasteiger charge is -2.19. The van der Waals surface area contributed by atoms with E-state index >= 15 is 0 Å². The molecule has 1 amide bonds. The minimum atomic E-state index is 0.124. The van der Waals surface area contributed by atoms with E-state index in [2.05, 4.69) is 11.9 Å². The SMILES string of the molecule is CCCCN(CC)C(=O)c1sc(-c2cccs2)nc1C. The molecule has 5 heteroatoms. The average Bonchev–Trinajstić information content (AvgIpc) is 3.08. The Morgan fingerprint density at radius 1 is 1.40 bits per heavy atom. The van der Waals surface area contributed by atoms with E-state index in [1.54, 1.807) is 11.3 Å². The van der Waals surface area contributed by atoms with Crippen molar-refractivity contribution < 1.29 is 4.79 Å². The van der Waals surface area contributed by atoms with Crippen molar-refractivity contribution in [2.24, 2.45) is 0 Å². The fraction of sp³-hybridized carbons (Fsp3) is 0.467. The number of carbonyl (C=O) groups excluding carboxylic acids is 1. The lowest BCUT2D eigenvalue weighted by molar-refractivity contribution is 0.0766. The largest absolute Gasteiger partial charge is 0.338 e. The lowest BCUT2D eigenvalue weighted by Crippen LogP contribution is -2.31. The highest BCUT2D eigenvalue weighted by Gasteiger charge is 2.20. The molecule has 0 aliphatic heterocycles. The fourth-order valence-electron chi connectivity index (χ4n) is 2.00. The number of thiophene rings is 1. The molecule has 108 valence electrons. The minimum Gasteiger partial charge on any atom is -0.338 e. The maximum absolute atomic E-state index is 12.6. The molecule has 0 spiro atoms. The van der Waals surface area contributed by atoms with Crippen molar-refractivity contribution in [3.8, 4) is 9.88 Å². The summed E-state index contributed by atoms with van der Waals surface area (Å²) in [6.45, 7) is 7.69. The number of unbranched alkanes of at least 4 members (excludes halogenated alkanes) is 1. The van der Waals surface area contributed by atoms with Crippen molar-refractivity contribution in [1.82, 2.24) is 9.88 Å². The second-order valence-electron chi connectivity index (χ2n) is 4.65. The van der Waals surface area contributed by atoms with Crippen LogP contribution in [0.25, 0.3) is 9.88 Å². The Morgan fingerprint density at radius 2 is 2.20 bits per heavy atom. The van der Waals surface area contributed by atoms with Gasteiger partial charge in [-0.1, -0.05) is 19.4 Å². The topological polar surface area (TPSA) is 33.2 Å². The van der Waals surface area contributed by atoms with Crippen LogP contribution in [0.2, 0.25) is 0 Å². The number of rotatable bonds is 6. The van der Waals surface area contributed by atoms with Gasteiger partial charge in [0.05, 0.1) is 10.6 Å². The molecule has 2 aromatic heterocycles. The molecule has 0 aliphatic carbocycles. The molecule has 3 nitrogen and oxygen atoms in total. The van der Waals surface area contributed by atoms with Crippen molar-refractivity contribution in [3.05, 3.63) is 28.1 Å². The van der Waals surface area contributed by atoms with Gasteiger partial charge in [0.15, 0.2) is 0 Å². The quantitative estimate of drug-likeness (QED) is 0.790. The van der Waals surface area contributed by atoms with Gasteiger partial charge >= 0.3 is 0 Å². The summed E-state index contributed by atoms with van der Waals surface area (Å²) in [4.78, 5) is 21.0. The fourth-order valence-corrected chi connectivity index (χ4v) is 3.83. The van der Waals surface area contributed by atoms with Crippen LogP contribution in [-0.2, 0) is 0 Å². The predicted octanol–water partition coefficient (Wildman–Crippen LogP) is 4.44. The smallest absolute Gasteiger partial charge is 0.265 e. The van der Waals surface area contributed by atoms with Crippen molar-refractivity contribution in [2.75, 3.05) is 13.1 Å².